The molecule has 0 N–H and O–H groups in total. The highest BCUT2D eigenvalue weighted by molar-refractivity contribution is 7.12. The van der Waals surface area contributed by atoms with Crippen LogP contribution < -0.4 is 0 Å². The van der Waals surface area contributed by atoms with Gasteiger partial charge in [-0.2, -0.15) is 0 Å². The fourth-order valence-electron chi connectivity index (χ4n) is 1.60. The van der Waals surface area contributed by atoms with Crippen LogP contribution in [0.3, 0.4) is 0 Å². The summed E-state index contributed by atoms with van der Waals surface area (Å²) < 4.78 is 0. The van der Waals surface area contributed by atoms with Crippen molar-refractivity contribution < 1.29 is 4.79 Å². The summed E-state index contributed by atoms with van der Waals surface area (Å²) in [7, 11) is 0. The van der Waals surface area contributed by atoms with Crippen LogP contribution in [0.2, 0.25) is 0 Å². The summed E-state index contributed by atoms with van der Waals surface area (Å²) >= 11 is 1.67. The first-order valence-electron chi connectivity index (χ1n) is 4.85. The lowest BCUT2D eigenvalue weighted by Gasteiger charge is -1.98. The molecule has 0 radical (unpaired) electrons. The number of hydrogen-bond acceptors (Lipinski definition) is 2. The van der Waals surface area contributed by atoms with E-state index in [0.717, 1.165) is 16.0 Å². The van der Waals surface area contributed by atoms with Gasteiger partial charge in [-0.3, -0.25) is 4.79 Å². The van der Waals surface area contributed by atoms with Crippen LogP contribution in [0.15, 0.2) is 36.4 Å². The van der Waals surface area contributed by atoms with E-state index in [1.165, 1.54) is 4.88 Å². The van der Waals surface area contributed by atoms with E-state index in [2.05, 4.69) is 0 Å². The Balaban J connectivity index is 2.41. The van der Waals surface area contributed by atoms with Crippen molar-refractivity contribution in [3.8, 4) is 0 Å². The van der Waals surface area contributed by atoms with Gasteiger partial charge in [0.05, 0.1) is 0 Å². The smallest absolute Gasteiger partial charge is 0.194 e. The first-order chi connectivity index (χ1) is 7.18. The van der Waals surface area contributed by atoms with Gasteiger partial charge < -0.3 is 0 Å². The second-order valence-electron chi connectivity index (χ2n) is 3.52. The molecular formula is C13H12OS. The third kappa shape index (κ3) is 2.00. The van der Waals surface area contributed by atoms with Crippen molar-refractivity contribution in [1.82, 2.24) is 0 Å². The summed E-state index contributed by atoms with van der Waals surface area (Å²) in [6, 6.07) is 11.4. The Labute approximate surface area is 93.4 Å². The van der Waals surface area contributed by atoms with E-state index < -0.39 is 0 Å². The zero-order valence-corrected chi connectivity index (χ0v) is 9.60. The number of aryl methyl sites for hydroxylation is 2. The van der Waals surface area contributed by atoms with Crippen LogP contribution in [0.25, 0.3) is 0 Å². The Hall–Kier alpha value is -1.41. The molecule has 2 aromatic rings. The topological polar surface area (TPSA) is 17.1 Å². The molecule has 0 atom stereocenters. The van der Waals surface area contributed by atoms with E-state index in [1.54, 1.807) is 11.3 Å². The molecule has 0 spiro atoms. The fraction of sp³-hybridized carbons (Fsp3) is 0.154. The van der Waals surface area contributed by atoms with Crippen molar-refractivity contribution in [2.24, 2.45) is 0 Å². The molecular weight excluding hydrogens is 204 g/mol. The zero-order chi connectivity index (χ0) is 10.8. The van der Waals surface area contributed by atoms with Gasteiger partial charge in [0.25, 0.3) is 0 Å². The Bertz CT molecular complexity index is 482. The molecule has 0 saturated heterocycles. The summed E-state index contributed by atoms with van der Waals surface area (Å²) in [6.07, 6.45) is 0. The van der Waals surface area contributed by atoms with Gasteiger partial charge in [0.2, 0.25) is 0 Å². The molecule has 0 unspecified atom stereocenters. The van der Waals surface area contributed by atoms with E-state index in [-0.39, 0.29) is 5.78 Å². The molecule has 1 aromatic heterocycles. The minimum Gasteiger partial charge on any atom is -0.289 e. The van der Waals surface area contributed by atoms with Crippen molar-refractivity contribution >= 4 is 17.1 Å². The number of thiophene rings is 1. The summed E-state index contributed by atoms with van der Waals surface area (Å²) in [6.45, 7) is 4.02. The average molecular weight is 216 g/mol. The average Bonchev–Trinajstić information content (AvgIpc) is 2.58. The predicted molar refractivity (Wildman–Crippen MR) is 63.7 cm³/mol. The van der Waals surface area contributed by atoms with Gasteiger partial charge >= 0.3 is 0 Å². The monoisotopic (exact) mass is 216 g/mol. The molecule has 76 valence electrons. The molecule has 0 amide bonds. The predicted octanol–water partition coefficient (Wildman–Crippen LogP) is 3.60. The molecule has 1 heterocycles. The number of carbonyl (C=O) groups is 1. The number of hydrogen-bond donors (Lipinski definition) is 0. The molecule has 0 aliphatic heterocycles. The number of benzene rings is 1. The van der Waals surface area contributed by atoms with Crippen molar-refractivity contribution in [3.63, 3.8) is 0 Å². The molecule has 0 aliphatic carbocycles. The van der Waals surface area contributed by atoms with E-state index in [4.69, 9.17) is 0 Å². The van der Waals surface area contributed by atoms with Crippen molar-refractivity contribution in [2.45, 2.75) is 13.8 Å². The summed E-state index contributed by atoms with van der Waals surface area (Å²) in [5, 5.41) is 0. The molecule has 0 aliphatic rings. The van der Waals surface area contributed by atoms with E-state index >= 15 is 0 Å². The number of carbonyl (C=O) groups excluding carboxylic acids is 1. The molecule has 0 fully saturated rings. The highest BCUT2D eigenvalue weighted by Gasteiger charge is 2.13. The maximum atomic E-state index is 12.1. The van der Waals surface area contributed by atoms with Gasteiger partial charge in [0.1, 0.15) is 0 Å². The van der Waals surface area contributed by atoms with Gasteiger partial charge in [-0.05, 0) is 19.9 Å². The van der Waals surface area contributed by atoms with Gasteiger partial charge in [-0.25, -0.2) is 0 Å². The van der Waals surface area contributed by atoms with Crippen LogP contribution >= 0.6 is 11.3 Å². The van der Waals surface area contributed by atoms with Crippen LogP contribution in [0.5, 0.6) is 0 Å². The normalized spacial score (nSPS) is 10.3. The number of rotatable bonds is 2. The lowest BCUT2D eigenvalue weighted by molar-refractivity contribution is 0.103. The largest absolute Gasteiger partial charge is 0.289 e. The molecule has 1 nitrogen and oxygen atoms in total. The minimum atomic E-state index is 0.123. The quantitative estimate of drug-likeness (QED) is 0.701. The maximum absolute atomic E-state index is 12.1. The second kappa shape index (κ2) is 3.99. The SMILES string of the molecule is Cc1cc(C(=O)c2ccccc2)c(C)s1. The molecule has 1 aromatic carbocycles. The van der Waals surface area contributed by atoms with Crippen LogP contribution in [-0.2, 0) is 0 Å². The highest BCUT2D eigenvalue weighted by Crippen LogP contribution is 2.23. The molecule has 2 heteroatoms. The van der Waals surface area contributed by atoms with Crippen LogP contribution in [0, 0.1) is 13.8 Å². The second-order valence-corrected chi connectivity index (χ2v) is 4.98. The standard InChI is InChI=1S/C13H12OS/c1-9-8-12(10(2)15-9)13(14)11-6-4-3-5-7-11/h3-8H,1-2H3. The van der Waals surface area contributed by atoms with Gasteiger partial charge in [-0.1, -0.05) is 30.3 Å². The highest BCUT2D eigenvalue weighted by atomic mass is 32.1. The van der Waals surface area contributed by atoms with E-state index in [0.29, 0.717) is 0 Å². The van der Waals surface area contributed by atoms with Crippen LogP contribution in [0.1, 0.15) is 25.7 Å². The minimum absolute atomic E-state index is 0.123. The zero-order valence-electron chi connectivity index (χ0n) is 8.78. The Morgan fingerprint density at radius 3 is 2.33 bits per heavy atom. The summed E-state index contributed by atoms with van der Waals surface area (Å²) in [5.74, 6) is 0.123. The van der Waals surface area contributed by atoms with E-state index in [1.807, 2.05) is 50.2 Å². The Kier molecular flexibility index (Phi) is 2.69. The summed E-state index contributed by atoms with van der Waals surface area (Å²) in [4.78, 5) is 14.4. The van der Waals surface area contributed by atoms with Gasteiger partial charge in [-0.15, -0.1) is 11.3 Å². The molecule has 0 saturated carbocycles. The van der Waals surface area contributed by atoms with Gasteiger partial charge in [0.15, 0.2) is 5.78 Å². The van der Waals surface area contributed by atoms with Crippen molar-refractivity contribution in [1.29, 1.82) is 0 Å². The lowest BCUT2D eigenvalue weighted by atomic mass is 10.0. The maximum Gasteiger partial charge on any atom is 0.194 e. The number of ketones is 1. The van der Waals surface area contributed by atoms with Crippen LogP contribution in [-0.4, -0.2) is 5.78 Å². The third-order valence-electron chi connectivity index (χ3n) is 2.32. The van der Waals surface area contributed by atoms with Crippen molar-refractivity contribution in [3.05, 3.63) is 57.3 Å². The Morgan fingerprint density at radius 1 is 1.13 bits per heavy atom. The van der Waals surface area contributed by atoms with E-state index in [9.17, 15) is 4.79 Å². The molecule has 0 bridgehead atoms. The first-order valence-corrected chi connectivity index (χ1v) is 5.67. The first kappa shape index (κ1) is 10.1. The van der Waals surface area contributed by atoms with Gasteiger partial charge in [0, 0.05) is 20.9 Å². The molecule has 15 heavy (non-hydrogen) atoms. The van der Waals surface area contributed by atoms with Crippen molar-refractivity contribution in [2.75, 3.05) is 0 Å². The van der Waals surface area contributed by atoms with Crippen LogP contribution in [0.4, 0.5) is 0 Å². The Morgan fingerprint density at radius 2 is 1.80 bits per heavy atom. The third-order valence-corrected chi connectivity index (χ3v) is 3.29. The summed E-state index contributed by atoms with van der Waals surface area (Å²) in [5.41, 5.74) is 1.60. The molecule has 2 rings (SSSR count). The fourth-order valence-corrected chi connectivity index (χ4v) is 2.52. The lowest BCUT2D eigenvalue weighted by Crippen LogP contribution is -2.00.